The Morgan fingerprint density at radius 1 is 1.15 bits per heavy atom. The van der Waals surface area contributed by atoms with Crippen LogP contribution in [0, 0.1) is 19.7 Å². The van der Waals surface area contributed by atoms with Crippen molar-refractivity contribution in [3.8, 4) is 5.75 Å². The quantitative estimate of drug-likeness (QED) is 0.310. The third kappa shape index (κ3) is 4.75. The molecular weight excluding hydrogens is 451 g/mol. The van der Waals surface area contributed by atoms with Crippen molar-refractivity contribution >= 4 is 32.7 Å². The van der Waals surface area contributed by atoms with Gasteiger partial charge >= 0.3 is 5.97 Å². The second-order valence-electron chi connectivity index (χ2n) is 8.38. The van der Waals surface area contributed by atoms with Gasteiger partial charge in [-0.2, -0.15) is 0 Å². The van der Waals surface area contributed by atoms with Crippen molar-refractivity contribution in [3.05, 3.63) is 88.2 Å². The van der Waals surface area contributed by atoms with Crippen molar-refractivity contribution in [2.24, 2.45) is 0 Å². The van der Waals surface area contributed by atoms with Crippen LogP contribution in [0.5, 0.6) is 5.75 Å². The third-order valence-corrected chi connectivity index (χ3v) is 7.30. The zero-order valence-electron chi connectivity index (χ0n) is 19.6. The third-order valence-electron chi connectivity index (χ3n) is 6.18. The van der Waals surface area contributed by atoms with Crippen LogP contribution >= 0.6 is 11.3 Å². The van der Waals surface area contributed by atoms with Crippen LogP contribution < -0.4 is 9.64 Å². The molecule has 1 N–H and O–H groups in total. The minimum atomic E-state index is -0.956. The second kappa shape index (κ2) is 9.81. The van der Waals surface area contributed by atoms with E-state index in [0.29, 0.717) is 16.8 Å². The lowest BCUT2D eigenvalue weighted by Crippen LogP contribution is -2.29. The molecule has 0 radical (unpaired) electrons. The lowest BCUT2D eigenvalue weighted by atomic mass is 10.0. The summed E-state index contributed by atoms with van der Waals surface area (Å²) in [6.45, 7) is 6.82. The number of rotatable bonds is 8. The van der Waals surface area contributed by atoms with Crippen LogP contribution in [0.25, 0.3) is 10.2 Å². The maximum atomic E-state index is 14.4. The molecule has 0 aliphatic rings. The Kier molecular flexibility index (Phi) is 6.84. The zero-order chi connectivity index (χ0) is 24.4. The molecule has 0 saturated carbocycles. The van der Waals surface area contributed by atoms with Gasteiger partial charge in [-0.05, 0) is 79.8 Å². The molecule has 0 amide bonds. The first kappa shape index (κ1) is 23.7. The van der Waals surface area contributed by atoms with E-state index in [1.165, 1.54) is 23.0 Å². The van der Waals surface area contributed by atoms with Crippen molar-refractivity contribution in [2.75, 3.05) is 18.6 Å². The van der Waals surface area contributed by atoms with Crippen molar-refractivity contribution in [3.63, 3.8) is 0 Å². The number of aryl methyl sites for hydroxylation is 2. The molecule has 4 rings (SSSR count). The van der Waals surface area contributed by atoms with E-state index in [2.05, 4.69) is 30.9 Å². The number of benzene rings is 3. The monoisotopic (exact) mass is 478 g/mol. The van der Waals surface area contributed by atoms with Crippen molar-refractivity contribution in [1.82, 2.24) is 4.98 Å². The number of carbonyl (C=O) groups is 1. The van der Waals surface area contributed by atoms with E-state index in [1.807, 2.05) is 25.1 Å². The van der Waals surface area contributed by atoms with Crippen LogP contribution in [0.15, 0.2) is 54.6 Å². The molecule has 1 atom stereocenters. The number of fused-ring (bicyclic) bond motifs is 1. The molecule has 1 unspecified atom stereocenters. The molecule has 1 aromatic heterocycles. The molecule has 3 aromatic carbocycles. The molecule has 0 bridgehead atoms. The Morgan fingerprint density at radius 3 is 2.53 bits per heavy atom. The van der Waals surface area contributed by atoms with Gasteiger partial charge in [-0.3, -0.25) is 0 Å². The summed E-state index contributed by atoms with van der Waals surface area (Å²) in [5.74, 6) is -0.365. The minimum Gasteiger partial charge on any atom is -0.496 e. The summed E-state index contributed by atoms with van der Waals surface area (Å²) in [7, 11) is 1.67. The van der Waals surface area contributed by atoms with Crippen LogP contribution in [-0.2, 0) is 6.42 Å². The zero-order valence-corrected chi connectivity index (χ0v) is 20.4. The minimum absolute atomic E-state index is 0.0916. The fourth-order valence-electron chi connectivity index (χ4n) is 4.15. The molecule has 0 aliphatic heterocycles. The maximum absolute atomic E-state index is 14.4. The number of aromatic carboxylic acids is 1. The number of aromatic nitrogens is 1. The summed E-state index contributed by atoms with van der Waals surface area (Å²) in [5, 5.41) is 9.98. The Hall–Kier alpha value is -3.45. The fraction of sp³-hybridized carbons (Fsp3) is 0.259. The summed E-state index contributed by atoms with van der Waals surface area (Å²) < 4.78 is 20.4. The van der Waals surface area contributed by atoms with Crippen molar-refractivity contribution < 1.29 is 19.0 Å². The molecule has 1 heterocycles. The lowest BCUT2D eigenvalue weighted by molar-refractivity contribution is 0.0697. The molecule has 0 aliphatic carbocycles. The number of anilines is 1. The Bertz CT molecular complexity index is 1330. The molecule has 34 heavy (non-hydrogen) atoms. The van der Waals surface area contributed by atoms with Gasteiger partial charge in [0.25, 0.3) is 0 Å². The molecular formula is C27H27FN2O3S. The van der Waals surface area contributed by atoms with Crippen LogP contribution in [0.2, 0.25) is 0 Å². The van der Waals surface area contributed by atoms with Crippen LogP contribution in [0.4, 0.5) is 9.52 Å². The maximum Gasteiger partial charge on any atom is 0.335 e. The van der Waals surface area contributed by atoms with E-state index < -0.39 is 5.97 Å². The largest absolute Gasteiger partial charge is 0.496 e. The summed E-state index contributed by atoms with van der Waals surface area (Å²) in [6, 6.07) is 15.9. The number of carboxylic acids is 1. The first-order chi connectivity index (χ1) is 16.3. The van der Waals surface area contributed by atoms with E-state index in [1.54, 1.807) is 25.3 Å². The lowest BCUT2D eigenvalue weighted by Gasteiger charge is -2.30. The van der Waals surface area contributed by atoms with Gasteiger partial charge < -0.3 is 14.7 Å². The summed E-state index contributed by atoms with van der Waals surface area (Å²) in [6.07, 6.45) is 0.770. The van der Waals surface area contributed by atoms with Gasteiger partial charge in [0.1, 0.15) is 11.6 Å². The first-order valence-electron chi connectivity index (χ1n) is 11.1. The van der Waals surface area contributed by atoms with Crippen LogP contribution in [0.3, 0.4) is 0 Å². The highest BCUT2D eigenvalue weighted by Gasteiger charge is 2.22. The molecule has 0 spiro atoms. The predicted molar refractivity (Wildman–Crippen MR) is 135 cm³/mol. The highest BCUT2D eigenvalue weighted by atomic mass is 32.1. The standard InChI is InChI=1S/C27H27FN2O3S/c1-16-15-24(33-4)17(2)14-21(16)12-13-30(18(3)19-8-10-20(11-9-19)26(31)32)27-29-23-7-5-6-22(28)25(23)34-27/h5-11,14-15,18H,12-13H2,1-4H3,(H,31,32). The average molecular weight is 479 g/mol. The van der Waals surface area contributed by atoms with E-state index in [4.69, 9.17) is 9.72 Å². The van der Waals surface area contributed by atoms with Crippen molar-refractivity contribution in [2.45, 2.75) is 33.2 Å². The SMILES string of the molecule is COc1cc(C)c(CCN(c2nc3cccc(F)c3s2)C(C)c2ccc(C(=O)O)cc2)cc1C. The van der Waals surface area contributed by atoms with E-state index >= 15 is 0 Å². The average Bonchev–Trinajstić information content (AvgIpc) is 3.26. The summed E-state index contributed by atoms with van der Waals surface area (Å²) in [5.41, 5.74) is 5.28. The van der Waals surface area contributed by atoms with Gasteiger partial charge in [0.2, 0.25) is 0 Å². The summed E-state index contributed by atoms with van der Waals surface area (Å²) >= 11 is 1.34. The van der Waals surface area contributed by atoms with Crippen LogP contribution in [0.1, 0.15) is 45.6 Å². The molecule has 5 nitrogen and oxygen atoms in total. The normalized spacial score (nSPS) is 12.0. The number of methoxy groups -OCH3 is 1. The topological polar surface area (TPSA) is 62.7 Å². The fourth-order valence-corrected chi connectivity index (χ4v) is 5.22. The number of carboxylic acid groups (broad SMARTS) is 1. The summed E-state index contributed by atoms with van der Waals surface area (Å²) in [4.78, 5) is 18.2. The highest BCUT2D eigenvalue weighted by Crippen LogP contribution is 2.35. The number of hydrogen-bond acceptors (Lipinski definition) is 5. The number of halogens is 1. The molecule has 0 fully saturated rings. The van der Waals surface area contributed by atoms with Gasteiger partial charge in [0.05, 0.1) is 28.9 Å². The van der Waals surface area contributed by atoms with Gasteiger partial charge in [-0.15, -0.1) is 0 Å². The van der Waals surface area contributed by atoms with Gasteiger partial charge in [-0.1, -0.05) is 35.6 Å². The first-order valence-corrected chi connectivity index (χ1v) is 11.9. The number of hydrogen-bond donors (Lipinski definition) is 1. The molecule has 0 saturated heterocycles. The number of thiazole rings is 1. The second-order valence-corrected chi connectivity index (χ2v) is 9.36. The smallest absolute Gasteiger partial charge is 0.335 e. The number of nitrogens with zero attached hydrogens (tertiary/aromatic N) is 2. The Balaban J connectivity index is 1.69. The highest BCUT2D eigenvalue weighted by molar-refractivity contribution is 7.22. The molecule has 7 heteroatoms. The number of ether oxygens (including phenoxy) is 1. The van der Waals surface area contributed by atoms with E-state index in [9.17, 15) is 14.3 Å². The Morgan fingerprint density at radius 2 is 1.88 bits per heavy atom. The van der Waals surface area contributed by atoms with E-state index in [0.717, 1.165) is 34.0 Å². The van der Waals surface area contributed by atoms with Crippen molar-refractivity contribution in [1.29, 1.82) is 0 Å². The van der Waals surface area contributed by atoms with E-state index in [-0.39, 0.29) is 17.4 Å². The van der Waals surface area contributed by atoms with Gasteiger partial charge in [0.15, 0.2) is 5.13 Å². The predicted octanol–water partition coefficient (Wildman–Crippen LogP) is 6.57. The van der Waals surface area contributed by atoms with Gasteiger partial charge in [-0.25, -0.2) is 14.2 Å². The molecule has 4 aromatic rings. The molecule has 176 valence electrons. The Labute approximate surface area is 202 Å². The van der Waals surface area contributed by atoms with Gasteiger partial charge in [0, 0.05) is 6.54 Å². The van der Waals surface area contributed by atoms with Crippen LogP contribution in [-0.4, -0.2) is 29.7 Å².